The van der Waals surface area contributed by atoms with Gasteiger partial charge in [0.05, 0.1) is 0 Å². The highest BCUT2D eigenvalue weighted by molar-refractivity contribution is 7.98. The molecule has 0 amide bonds. The Hall–Kier alpha value is -1.11. The molecule has 0 atom stereocenters. The van der Waals surface area contributed by atoms with Crippen LogP contribution in [0.15, 0.2) is 23.4 Å². The third kappa shape index (κ3) is 3.46. The molecular formula is C12H14ClFN4S. The summed E-state index contributed by atoms with van der Waals surface area (Å²) in [6, 6.07) is 4.53. The molecular weight excluding hydrogens is 287 g/mol. The molecule has 0 unspecified atom stereocenters. The van der Waals surface area contributed by atoms with Crippen molar-refractivity contribution in [2.75, 3.05) is 6.54 Å². The largest absolute Gasteiger partial charge is 0.329 e. The van der Waals surface area contributed by atoms with Crippen LogP contribution in [0.5, 0.6) is 0 Å². The van der Waals surface area contributed by atoms with Crippen molar-refractivity contribution in [1.29, 1.82) is 0 Å². The number of rotatable bonds is 5. The Bertz CT molecular complexity index is 573. The lowest BCUT2D eigenvalue weighted by Gasteiger charge is -2.07. The lowest BCUT2D eigenvalue weighted by molar-refractivity contribution is 0.615. The van der Waals surface area contributed by atoms with Crippen molar-refractivity contribution in [2.24, 2.45) is 5.73 Å². The normalized spacial score (nSPS) is 10.9. The van der Waals surface area contributed by atoms with E-state index >= 15 is 0 Å². The molecule has 0 fully saturated rings. The zero-order valence-corrected chi connectivity index (χ0v) is 12.0. The van der Waals surface area contributed by atoms with Gasteiger partial charge < -0.3 is 10.3 Å². The molecule has 0 aliphatic rings. The van der Waals surface area contributed by atoms with Crippen LogP contribution in [0.1, 0.15) is 11.4 Å². The zero-order valence-electron chi connectivity index (χ0n) is 10.4. The minimum absolute atomic E-state index is 0.265. The molecule has 0 saturated heterocycles. The van der Waals surface area contributed by atoms with E-state index < -0.39 is 0 Å². The maximum atomic E-state index is 13.6. The standard InChI is InChI=1S/C12H14ClFN4S/c1-8-16-17-12(18(8)5-4-15)19-7-9-6-10(13)2-3-11(9)14/h2-3,6H,4-5,7,15H2,1H3. The van der Waals surface area contributed by atoms with E-state index in [2.05, 4.69) is 10.2 Å². The molecule has 2 aromatic rings. The molecule has 1 aromatic carbocycles. The maximum Gasteiger partial charge on any atom is 0.191 e. The number of hydrogen-bond donors (Lipinski definition) is 1. The van der Waals surface area contributed by atoms with Gasteiger partial charge in [0, 0.05) is 23.9 Å². The number of aromatic nitrogens is 3. The first-order valence-corrected chi connectivity index (χ1v) is 7.14. The van der Waals surface area contributed by atoms with Crippen LogP contribution < -0.4 is 5.73 Å². The lowest BCUT2D eigenvalue weighted by Crippen LogP contribution is -2.12. The number of nitrogens with two attached hydrogens (primary N) is 1. The second-order valence-electron chi connectivity index (χ2n) is 3.99. The number of aryl methyl sites for hydroxylation is 1. The summed E-state index contributed by atoms with van der Waals surface area (Å²) in [5.41, 5.74) is 6.10. The summed E-state index contributed by atoms with van der Waals surface area (Å²) < 4.78 is 15.5. The Labute approximate surface area is 120 Å². The van der Waals surface area contributed by atoms with E-state index in [1.54, 1.807) is 6.07 Å². The van der Waals surface area contributed by atoms with Gasteiger partial charge >= 0.3 is 0 Å². The van der Waals surface area contributed by atoms with E-state index in [-0.39, 0.29) is 5.82 Å². The summed E-state index contributed by atoms with van der Waals surface area (Å²) in [5.74, 6) is 0.993. The fourth-order valence-electron chi connectivity index (χ4n) is 1.65. The van der Waals surface area contributed by atoms with Gasteiger partial charge in [-0.2, -0.15) is 0 Å². The maximum absolute atomic E-state index is 13.6. The van der Waals surface area contributed by atoms with E-state index in [0.717, 1.165) is 11.0 Å². The van der Waals surface area contributed by atoms with Crippen LogP contribution in [0.3, 0.4) is 0 Å². The van der Waals surface area contributed by atoms with Crippen molar-refractivity contribution < 1.29 is 4.39 Å². The first kappa shape index (κ1) is 14.3. The van der Waals surface area contributed by atoms with Crippen molar-refractivity contribution in [3.8, 4) is 0 Å². The first-order valence-electron chi connectivity index (χ1n) is 5.78. The number of nitrogens with zero attached hydrogens (tertiary/aromatic N) is 3. The predicted octanol–water partition coefficient (Wildman–Crippen LogP) is 2.63. The van der Waals surface area contributed by atoms with Crippen molar-refractivity contribution in [3.63, 3.8) is 0 Å². The number of hydrogen-bond acceptors (Lipinski definition) is 4. The molecule has 0 radical (unpaired) electrons. The highest BCUT2D eigenvalue weighted by atomic mass is 35.5. The van der Waals surface area contributed by atoms with Gasteiger partial charge in [0.2, 0.25) is 0 Å². The highest BCUT2D eigenvalue weighted by Crippen LogP contribution is 2.25. The summed E-state index contributed by atoms with van der Waals surface area (Å²) in [6.07, 6.45) is 0. The van der Waals surface area contributed by atoms with Gasteiger partial charge in [-0.3, -0.25) is 0 Å². The summed E-state index contributed by atoms with van der Waals surface area (Å²) >= 11 is 7.28. The number of halogens is 2. The minimum Gasteiger partial charge on any atom is -0.329 e. The van der Waals surface area contributed by atoms with Crippen molar-refractivity contribution >= 4 is 23.4 Å². The molecule has 4 nitrogen and oxygen atoms in total. The van der Waals surface area contributed by atoms with Gasteiger partial charge in [-0.05, 0) is 30.7 Å². The molecule has 0 saturated carbocycles. The van der Waals surface area contributed by atoms with Crippen LogP contribution in [-0.2, 0) is 12.3 Å². The van der Waals surface area contributed by atoms with Crippen LogP contribution in [0.4, 0.5) is 4.39 Å². The third-order valence-corrected chi connectivity index (χ3v) is 3.87. The van der Waals surface area contributed by atoms with Gasteiger partial charge in [0.1, 0.15) is 11.6 Å². The molecule has 2 rings (SSSR count). The monoisotopic (exact) mass is 300 g/mol. The molecule has 2 N–H and O–H groups in total. The fraction of sp³-hybridized carbons (Fsp3) is 0.333. The molecule has 7 heteroatoms. The summed E-state index contributed by atoms with van der Waals surface area (Å²) in [7, 11) is 0. The zero-order chi connectivity index (χ0) is 13.8. The average molecular weight is 301 g/mol. The predicted molar refractivity (Wildman–Crippen MR) is 74.8 cm³/mol. The highest BCUT2D eigenvalue weighted by Gasteiger charge is 2.10. The minimum atomic E-state index is -0.265. The summed E-state index contributed by atoms with van der Waals surface area (Å²) in [6.45, 7) is 3.03. The Morgan fingerprint density at radius 3 is 2.95 bits per heavy atom. The Morgan fingerprint density at radius 1 is 1.42 bits per heavy atom. The molecule has 1 heterocycles. The molecule has 0 spiro atoms. The lowest BCUT2D eigenvalue weighted by atomic mass is 10.2. The molecule has 0 aliphatic heterocycles. The average Bonchev–Trinajstić information content (AvgIpc) is 2.73. The smallest absolute Gasteiger partial charge is 0.191 e. The molecule has 19 heavy (non-hydrogen) atoms. The Balaban J connectivity index is 2.12. The molecule has 0 aliphatic carbocycles. The second-order valence-corrected chi connectivity index (χ2v) is 5.37. The van der Waals surface area contributed by atoms with Crippen LogP contribution in [0.25, 0.3) is 0 Å². The van der Waals surface area contributed by atoms with Crippen molar-refractivity contribution in [1.82, 2.24) is 14.8 Å². The quantitative estimate of drug-likeness (QED) is 0.863. The Morgan fingerprint density at radius 2 is 2.21 bits per heavy atom. The SMILES string of the molecule is Cc1nnc(SCc2cc(Cl)ccc2F)n1CCN. The molecule has 102 valence electrons. The van der Waals surface area contributed by atoms with Crippen LogP contribution in [-0.4, -0.2) is 21.3 Å². The third-order valence-electron chi connectivity index (χ3n) is 2.62. The second kappa shape index (κ2) is 6.36. The number of benzene rings is 1. The van der Waals surface area contributed by atoms with Gasteiger partial charge in [0.15, 0.2) is 5.16 Å². The number of thioether (sulfide) groups is 1. The van der Waals surface area contributed by atoms with Crippen molar-refractivity contribution in [3.05, 3.63) is 40.4 Å². The van der Waals surface area contributed by atoms with E-state index in [1.165, 1.54) is 23.9 Å². The van der Waals surface area contributed by atoms with Gasteiger partial charge in [-0.1, -0.05) is 23.4 Å². The van der Waals surface area contributed by atoms with Gasteiger partial charge in [-0.15, -0.1) is 10.2 Å². The molecule has 0 bridgehead atoms. The van der Waals surface area contributed by atoms with Crippen LogP contribution >= 0.6 is 23.4 Å². The van der Waals surface area contributed by atoms with Gasteiger partial charge in [-0.25, -0.2) is 4.39 Å². The molecule has 1 aromatic heterocycles. The van der Waals surface area contributed by atoms with Crippen LogP contribution in [0, 0.1) is 12.7 Å². The summed E-state index contributed by atoms with van der Waals surface area (Å²) in [4.78, 5) is 0. The summed E-state index contributed by atoms with van der Waals surface area (Å²) in [5, 5.41) is 9.33. The van der Waals surface area contributed by atoms with E-state index in [1.807, 2.05) is 11.5 Å². The Kier molecular flexibility index (Phi) is 4.79. The van der Waals surface area contributed by atoms with E-state index in [0.29, 0.717) is 29.4 Å². The fourth-order valence-corrected chi connectivity index (χ4v) is 2.83. The topological polar surface area (TPSA) is 56.7 Å². The van der Waals surface area contributed by atoms with Crippen LogP contribution in [0.2, 0.25) is 5.02 Å². The van der Waals surface area contributed by atoms with Gasteiger partial charge in [0.25, 0.3) is 0 Å². The van der Waals surface area contributed by atoms with Crippen molar-refractivity contribution in [2.45, 2.75) is 24.4 Å². The first-order chi connectivity index (χ1) is 9.11. The van der Waals surface area contributed by atoms with E-state index in [9.17, 15) is 4.39 Å². The van der Waals surface area contributed by atoms with E-state index in [4.69, 9.17) is 17.3 Å².